The zero-order valence-corrected chi connectivity index (χ0v) is 19.2. The van der Waals surface area contributed by atoms with E-state index in [1.165, 1.54) is 18.2 Å². The summed E-state index contributed by atoms with van der Waals surface area (Å²) in [7, 11) is -4.93. The normalized spacial score (nSPS) is 48.0. The highest BCUT2D eigenvalue weighted by molar-refractivity contribution is 7.46. The molecule has 3 fully saturated rings. The Kier molecular flexibility index (Phi) is 5.34. The summed E-state index contributed by atoms with van der Waals surface area (Å²) in [6, 6.07) is 0. The number of fused-ring (bicyclic) bond motifs is 5. The smallest absolute Gasteiger partial charge is 0.390 e. The molecule has 0 aliphatic heterocycles. The minimum atomic E-state index is -4.93. The highest BCUT2D eigenvalue weighted by Crippen LogP contribution is 2.70. The lowest BCUT2D eigenvalue weighted by molar-refractivity contribution is -0.219. The summed E-state index contributed by atoms with van der Waals surface area (Å²) in [5.41, 5.74) is -5.88. The Hall–Kier alpha value is -1.22. The standard InChI is InChI=1S/C22H30FO8P/c1-12-8-16-15-5-4-13-9-14(24)6-7-19(13,2)21(15,23)17(25)10-20(16,3)22(12,27)18(26)11-31-32(28,29)30/h6-7,9,12,15-17,25,27H,4-5,8,10-11H2,1-3H3,(H2,28,29,30)/t12-,15-,16-,17-,19+,20+,21+,22+/m0/s1. The van der Waals surface area contributed by atoms with Gasteiger partial charge < -0.3 is 20.0 Å². The van der Waals surface area contributed by atoms with Gasteiger partial charge in [-0.15, -0.1) is 0 Å². The first-order valence-corrected chi connectivity index (χ1v) is 12.4. The monoisotopic (exact) mass is 472 g/mol. The predicted octanol–water partition coefficient (Wildman–Crippen LogP) is 2.01. The molecule has 0 amide bonds. The van der Waals surface area contributed by atoms with Gasteiger partial charge >= 0.3 is 7.82 Å². The van der Waals surface area contributed by atoms with Crippen LogP contribution in [-0.4, -0.2) is 55.5 Å². The van der Waals surface area contributed by atoms with E-state index in [0.29, 0.717) is 24.8 Å². The van der Waals surface area contributed by atoms with Crippen molar-refractivity contribution < 1.29 is 43.1 Å². The van der Waals surface area contributed by atoms with Crippen LogP contribution in [0.3, 0.4) is 0 Å². The number of Topliss-reactive ketones (excluding diaryl/α,β-unsaturated/α-hetero) is 1. The number of carbonyl (C=O) groups excluding carboxylic acids is 2. The molecule has 4 aliphatic carbocycles. The molecule has 4 rings (SSSR count). The van der Waals surface area contributed by atoms with E-state index < -0.39 is 66.2 Å². The number of ketones is 2. The van der Waals surface area contributed by atoms with Crippen molar-refractivity contribution in [3.63, 3.8) is 0 Å². The van der Waals surface area contributed by atoms with Gasteiger partial charge in [-0.25, -0.2) is 8.96 Å². The number of hydrogen-bond donors (Lipinski definition) is 4. The molecule has 0 spiro atoms. The number of allylic oxidation sites excluding steroid dienone is 4. The number of rotatable bonds is 4. The first kappa shape index (κ1) is 23.9. The molecule has 32 heavy (non-hydrogen) atoms. The number of aliphatic hydroxyl groups is 2. The van der Waals surface area contributed by atoms with Crippen LogP contribution >= 0.6 is 7.82 Å². The van der Waals surface area contributed by atoms with Crippen LogP contribution in [0.2, 0.25) is 0 Å². The van der Waals surface area contributed by atoms with E-state index >= 15 is 4.39 Å². The summed E-state index contributed by atoms with van der Waals surface area (Å²) in [6.07, 6.45) is 3.70. The van der Waals surface area contributed by atoms with Gasteiger partial charge in [0.1, 0.15) is 12.2 Å². The zero-order valence-electron chi connectivity index (χ0n) is 18.3. The fourth-order valence-electron chi connectivity index (χ4n) is 7.39. The molecule has 0 heterocycles. The van der Waals surface area contributed by atoms with Gasteiger partial charge in [0, 0.05) is 16.7 Å². The van der Waals surface area contributed by atoms with Crippen molar-refractivity contribution in [1.29, 1.82) is 0 Å². The first-order valence-electron chi connectivity index (χ1n) is 10.9. The van der Waals surface area contributed by atoms with E-state index in [0.717, 1.165) is 0 Å². The zero-order chi connectivity index (χ0) is 23.9. The Balaban J connectivity index is 1.74. The van der Waals surface area contributed by atoms with Crippen molar-refractivity contribution in [2.24, 2.45) is 28.6 Å². The SMILES string of the molecule is C[C@H]1C[C@H]2[C@@H]3CCC4=CC(=O)C=C[C@@]4(C)[C@]3(F)[C@@H](O)C[C@@]2(C)[C@]1(O)C(=O)COP(=O)(O)O. The van der Waals surface area contributed by atoms with E-state index in [9.17, 15) is 24.4 Å². The maximum Gasteiger partial charge on any atom is 0.470 e. The molecule has 0 unspecified atom stereocenters. The Labute approximate surface area is 185 Å². The Morgan fingerprint density at radius 1 is 1.31 bits per heavy atom. The highest BCUT2D eigenvalue weighted by atomic mass is 31.2. The number of carbonyl (C=O) groups is 2. The molecule has 3 saturated carbocycles. The van der Waals surface area contributed by atoms with Crippen LogP contribution in [0.25, 0.3) is 0 Å². The number of aliphatic hydroxyl groups excluding tert-OH is 1. The molecular weight excluding hydrogens is 442 g/mol. The van der Waals surface area contributed by atoms with Crippen molar-refractivity contribution in [3.05, 3.63) is 23.8 Å². The highest BCUT2D eigenvalue weighted by Gasteiger charge is 2.75. The number of phosphoric ester groups is 1. The van der Waals surface area contributed by atoms with E-state index in [1.54, 1.807) is 20.8 Å². The van der Waals surface area contributed by atoms with Crippen LogP contribution < -0.4 is 0 Å². The number of phosphoric acid groups is 1. The molecule has 4 aliphatic rings. The van der Waals surface area contributed by atoms with Gasteiger partial charge in [0.25, 0.3) is 0 Å². The first-order chi connectivity index (χ1) is 14.6. The maximum atomic E-state index is 17.0. The van der Waals surface area contributed by atoms with Crippen molar-refractivity contribution in [1.82, 2.24) is 0 Å². The van der Waals surface area contributed by atoms with Gasteiger partial charge in [-0.3, -0.25) is 14.1 Å². The van der Waals surface area contributed by atoms with Gasteiger partial charge in [-0.2, -0.15) is 0 Å². The quantitative estimate of drug-likeness (QED) is 0.456. The third-order valence-electron chi connectivity index (χ3n) is 9.01. The predicted molar refractivity (Wildman–Crippen MR) is 111 cm³/mol. The fourth-order valence-corrected chi connectivity index (χ4v) is 7.68. The lowest BCUT2D eigenvalue weighted by Gasteiger charge is -2.62. The molecule has 0 bridgehead atoms. The number of hydrogen-bond acceptors (Lipinski definition) is 6. The molecule has 0 aromatic heterocycles. The Morgan fingerprint density at radius 3 is 2.59 bits per heavy atom. The molecule has 0 aromatic carbocycles. The minimum Gasteiger partial charge on any atom is -0.390 e. The minimum absolute atomic E-state index is 0.211. The Morgan fingerprint density at radius 2 is 1.97 bits per heavy atom. The van der Waals surface area contributed by atoms with E-state index in [4.69, 9.17) is 9.79 Å². The van der Waals surface area contributed by atoms with Crippen LogP contribution in [0, 0.1) is 28.6 Å². The largest absolute Gasteiger partial charge is 0.470 e. The molecule has 8 nitrogen and oxygen atoms in total. The second-order valence-corrected chi connectivity index (χ2v) is 11.6. The summed E-state index contributed by atoms with van der Waals surface area (Å²) in [5, 5.41) is 22.8. The summed E-state index contributed by atoms with van der Waals surface area (Å²) in [6.45, 7) is 4.00. The fraction of sp³-hybridized carbons (Fsp3) is 0.727. The molecule has 0 aromatic rings. The summed E-state index contributed by atoms with van der Waals surface area (Å²) in [4.78, 5) is 42.8. The van der Waals surface area contributed by atoms with Gasteiger partial charge in [0.15, 0.2) is 17.2 Å². The maximum absolute atomic E-state index is 17.0. The van der Waals surface area contributed by atoms with E-state index in [1.807, 2.05) is 0 Å². The van der Waals surface area contributed by atoms with E-state index in [2.05, 4.69) is 4.52 Å². The van der Waals surface area contributed by atoms with Crippen molar-refractivity contribution in [3.8, 4) is 0 Å². The average molecular weight is 472 g/mol. The van der Waals surface area contributed by atoms with Gasteiger partial charge in [0.2, 0.25) is 0 Å². The second-order valence-electron chi connectivity index (χ2n) is 10.4. The molecule has 8 atom stereocenters. The number of halogens is 1. The summed E-state index contributed by atoms with van der Waals surface area (Å²) >= 11 is 0. The van der Waals surface area contributed by atoms with E-state index in [-0.39, 0.29) is 12.2 Å². The van der Waals surface area contributed by atoms with Gasteiger partial charge in [-0.1, -0.05) is 25.5 Å². The van der Waals surface area contributed by atoms with Crippen LogP contribution in [0.1, 0.15) is 46.5 Å². The average Bonchev–Trinajstić information content (AvgIpc) is 2.89. The lowest BCUT2D eigenvalue weighted by Crippen LogP contribution is -2.69. The topological polar surface area (TPSA) is 141 Å². The molecule has 178 valence electrons. The third kappa shape index (κ3) is 2.95. The Bertz CT molecular complexity index is 973. The molecule has 10 heteroatoms. The molecule has 0 saturated heterocycles. The third-order valence-corrected chi connectivity index (χ3v) is 9.48. The van der Waals surface area contributed by atoms with Crippen molar-refractivity contribution in [2.45, 2.75) is 63.8 Å². The second kappa shape index (κ2) is 7.14. The lowest BCUT2D eigenvalue weighted by atomic mass is 9.44. The summed E-state index contributed by atoms with van der Waals surface area (Å²) in [5.74, 6) is -2.87. The number of alkyl halides is 1. The van der Waals surface area contributed by atoms with Gasteiger partial charge in [-0.05, 0) is 56.6 Å². The van der Waals surface area contributed by atoms with Crippen LogP contribution in [0.15, 0.2) is 23.8 Å². The molecule has 4 N–H and O–H groups in total. The van der Waals surface area contributed by atoms with Crippen molar-refractivity contribution >= 4 is 19.4 Å². The van der Waals surface area contributed by atoms with Crippen LogP contribution in [0.5, 0.6) is 0 Å². The van der Waals surface area contributed by atoms with Crippen molar-refractivity contribution in [2.75, 3.05) is 6.61 Å². The van der Waals surface area contributed by atoms with Crippen LogP contribution in [-0.2, 0) is 18.7 Å². The van der Waals surface area contributed by atoms with Crippen LogP contribution in [0.4, 0.5) is 4.39 Å². The summed E-state index contributed by atoms with van der Waals surface area (Å²) < 4.78 is 32.5. The van der Waals surface area contributed by atoms with Gasteiger partial charge in [0.05, 0.1) is 6.10 Å². The molecule has 0 radical (unpaired) electrons. The molecular formula is C22H30FO8P.